The first-order valence-corrected chi connectivity index (χ1v) is 4.26. The van der Waals surface area contributed by atoms with E-state index in [1.165, 1.54) is 0 Å². The molecule has 0 aliphatic carbocycles. The molecule has 0 aliphatic rings. The van der Waals surface area contributed by atoms with Crippen molar-refractivity contribution in [2.75, 3.05) is 0 Å². The second kappa shape index (κ2) is 2.85. The van der Waals surface area contributed by atoms with Crippen LogP contribution in [0.15, 0.2) is 27.2 Å². The lowest BCUT2D eigenvalue weighted by Gasteiger charge is -1.89. The molecule has 0 aliphatic heterocycles. The Bertz CT molecular complexity index is 477. The van der Waals surface area contributed by atoms with Crippen LogP contribution in [0.2, 0.25) is 0 Å². The van der Waals surface area contributed by atoms with Gasteiger partial charge in [-0.25, -0.2) is 4.79 Å². The van der Waals surface area contributed by atoms with Crippen molar-refractivity contribution in [2.24, 2.45) is 0 Å². The molecule has 13 heavy (non-hydrogen) atoms. The number of halogens is 1. The molecule has 1 N–H and O–H groups in total. The molecule has 0 saturated heterocycles. The zero-order valence-electron chi connectivity index (χ0n) is 6.32. The summed E-state index contributed by atoms with van der Waals surface area (Å²) in [6.45, 7) is 0. The molecule has 0 fully saturated rings. The van der Waals surface area contributed by atoms with E-state index < -0.39 is 5.97 Å². The number of para-hydroxylation sites is 1. The van der Waals surface area contributed by atoms with Crippen molar-refractivity contribution in [1.82, 2.24) is 5.16 Å². The van der Waals surface area contributed by atoms with Gasteiger partial charge in [0.05, 0.1) is 9.86 Å². The minimum absolute atomic E-state index is 0.0590. The molecule has 2 rings (SSSR count). The number of aromatic nitrogens is 1. The highest BCUT2D eigenvalue weighted by molar-refractivity contribution is 9.10. The van der Waals surface area contributed by atoms with Gasteiger partial charge in [0.2, 0.25) is 0 Å². The van der Waals surface area contributed by atoms with Gasteiger partial charge in [0.1, 0.15) is 0 Å². The predicted octanol–water partition coefficient (Wildman–Crippen LogP) is 2.29. The van der Waals surface area contributed by atoms with Crippen molar-refractivity contribution in [1.29, 1.82) is 0 Å². The number of aromatic carboxylic acids is 1. The number of carboxylic acid groups (broad SMARTS) is 1. The number of benzene rings is 1. The fourth-order valence-electron chi connectivity index (χ4n) is 1.08. The van der Waals surface area contributed by atoms with Gasteiger partial charge in [-0.1, -0.05) is 11.2 Å². The van der Waals surface area contributed by atoms with Crippen LogP contribution < -0.4 is 0 Å². The number of rotatable bonds is 1. The zero-order valence-corrected chi connectivity index (χ0v) is 7.91. The topological polar surface area (TPSA) is 63.3 Å². The van der Waals surface area contributed by atoms with Crippen molar-refractivity contribution in [3.8, 4) is 0 Å². The van der Waals surface area contributed by atoms with Crippen LogP contribution in [0, 0.1) is 0 Å². The van der Waals surface area contributed by atoms with Gasteiger partial charge >= 0.3 is 5.97 Å². The molecule has 2 aromatic rings. The van der Waals surface area contributed by atoms with Crippen LogP contribution in [0.4, 0.5) is 0 Å². The Labute approximate surface area is 81.3 Å². The van der Waals surface area contributed by atoms with Crippen LogP contribution in [-0.4, -0.2) is 16.2 Å². The number of hydrogen-bond donors (Lipinski definition) is 1. The Morgan fingerprint density at radius 3 is 3.00 bits per heavy atom. The van der Waals surface area contributed by atoms with Crippen LogP contribution in [0.1, 0.15) is 10.5 Å². The van der Waals surface area contributed by atoms with Crippen molar-refractivity contribution < 1.29 is 14.4 Å². The van der Waals surface area contributed by atoms with Crippen LogP contribution >= 0.6 is 15.9 Å². The second-order valence-electron chi connectivity index (χ2n) is 2.45. The minimum Gasteiger partial charge on any atom is -0.476 e. The smallest absolute Gasteiger partial charge is 0.358 e. The third kappa shape index (κ3) is 1.21. The largest absolute Gasteiger partial charge is 0.476 e. The van der Waals surface area contributed by atoms with Gasteiger partial charge in [-0.05, 0) is 28.1 Å². The maximum atomic E-state index is 10.6. The number of carboxylic acids is 1. The highest BCUT2D eigenvalue weighted by Crippen LogP contribution is 2.25. The molecule has 0 unspecified atom stereocenters. The van der Waals surface area contributed by atoms with Gasteiger partial charge < -0.3 is 9.63 Å². The number of nitrogens with zero attached hydrogens (tertiary/aromatic N) is 1. The van der Waals surface area contributed by atoms with Crippen molar-refractivity contribution >= 4 is 32.9 Å². The molecule has 1 aromatic heterocycles. The second-order valence-corrected chi connectivity index (χ2v) is 3.31. The van der Waals surface area contributed by atoms with E-state index in [4.69, 9.17) is 9.63 Å². The van der Waals surface area contributed by atoms with E-state index in [1.54, 1.807) is 18.2 Å². The third-order valence-corrected chi connectivity index (χ3v) is 2.28. The van der Waals surface area contributed by atoms with Crippen molar-refractivity contribution in [2.45, 2.75) is 0 Å². The number of hydrogen-bond acceptors (Lipinski definition) is 3. The molecule has 5 heteroatoms. The average molecular weight is 242 g/mol. The predicted molar refractivity (Wildman–Crippen MR) is 48.7 cm³/mol. The van der Waals surface area contributed by atoms with Gasteiger partial charge in [-0.15, -0.1) is 0 Å². The first kappa shape index (κ1) is 8.25. The lowest BCUT2D eigenvalue weighted by molar-refractivity contribution is 0.0688. The summed E-state index contributed by atoms with van der Waals surface area (Å²) in [5, 5.41) is 12.7. The number of carbonyl (C=O) groups is 1. The third-order valence-electron chi connectivity index (χ3n) is 1.65. The highest BCUT2D eigenvalue weighted by atomic mass is 79.9. The Kier molecular flexibility index (Phi) is 1.81. The average Bonchev–Trinajstić information content (AvgIpc) is 2.48. The summed E-state index contributed by atoms with van der Waals surface area (Å²) in [4.78, 5) is 10.6. The minimum atomic E-state index is -1.09. The van der Waals surface area contributed by atoms with Crippen LogP contribution in [-0.2, 0) is 0 Å². The Morgan fingerprint density at radius 2 is 2.31 bits per heavy atom. The van der Waals surface area contributed by atoms with E-state index in [0.29, 0.717) is 15.4 Å². The van der Waals surface area contributed by atoms with Gasteiger partial charge in [-0.2, -0.15) is 0 Å². The van der Waals surface area contributed by atoms with Crippen LogP contribution in [0.3, 0.4) is 0 Å². The fraction of sp³-hybridized carbons (Fsp3) is 0. The maximum absolute atomic E-state index is 10.6. The lowest BCUT2D eigenvalue weighted by atomic mass is 10.2. The summed E-state index contributed by atoms with van der Waals surface area (Å²) < 4.78 is 5.56. The summed E-state index contributed by atoms with van der Waals surface area (Å²) in [7, 11) is 0. The molecule has 0 atom stereocenters. The highest BCUT2D eigenvalue weighted by Gasteiger charge is 2.15. The van der Waals surface area contributed by atoms with Gasteiger partial charge in [0, 0.05) is 0 Å². The monoisotopic (exact) mass is 241 g/mol. The molecule has 0 spiro atoms. The number of fused-ring (bicyclic) bond motifs is 1. The van der Waals surface area contributed by atoms with Crippen LogP contribution in [0.5, 0.6) is 0 Å². The first-order valence-electron chi connectivity index (χ1n) is 3.47. The van der Waals surface area contributed by atoms with Crippen molar-refractivity contribution in [3.63, 3.8) is 0 Å². The molecule has 0 radical (unpaired) electrons. The van der Waals surface area contributed by atoms with Gasteiger partial charge in [0.25, 0.3) is 0 Å². The van der Waals surface area contributed by atoms with Gasteiger partial charge in [-0.3, -0.25) is 0 Å². The quantitative estimate of drug-likeness (QED) is 0.833. The summed E-state index contributed by atoms with van der Waals surface area (Å²) in [6.07, 6.45) is 0. The van der Waals surface area contributed by atoms with Crippen LogP contribution in [0.25, 0.3) is 11.0 Å². The Balaban J connectivity index is 2.83. The summed E-state index contributed by atoms with van der Waals surface area (Å²) in [5.74, 6) is -1.09. The molecular weight excluding hydrogens is 238 g/mol. The zero-order chi connectivity index (χ0) is 9.42. The summed E-state index contributed by atoms with van der Waals surface area (Å²) >= 11 is 3.23. The first-order chi connectivity index (χ1) is 6.20. The molecule has 0 saturated carbocycles. The molecule has 0 amide bonds. The molecule has 4 nitrogen and oxygen atoms in total. The normalized spacial score (nSPS) is 10.5. The summed E-state index contributed by atoms with van der Waals surface area (Å²) in [6, 6.07) is 5.15. The summed E-state index contributed by atoms with van der Waals surface area (Å²) in [5.41, 5.74) is 0.399. The SMILES string of the molecule is O=C(O)c1noc2c(Br)cccc12. The van der Waals surface area contributed by atoms with E-state index in [2.05, 4.69) is 21.1 Å². The van der Waals surface area contributed by atoms with E-state index in [9.17, 15) is 4.79 Å². The Morgan fingerprint density at radius 1 is 1.54 bits per heavy atom. The standard InChI is InChI=1S/C8H4BrNO3/c9-5-3-1-2-4-6(8(11)12)10-13-7(4)5/h1-3H,(H,11,12). The van der Waals surface area contributed by atoms with E-state index in [-0.39, 0.29) is 5.69 Å². The van der Waals surface area contributed by atoms with Crippen molar-refractivity contribution in [3.05, 3.63) is 28.4 Å². The molecule has 0 bridgehead atoms. The van der Waals surface area contributed by atoms with E-state index in [1.807, 2.05) is 0 Å². The molecular formula is C8H4BrNO3. The lowest BCUT2D eigenvalue weighted by Crippen LogP contribution is -1.95. The maximum Gasteiger partial charge on any atom is 0.358 e. The van der Waals surface area contributed by atoms with E-state index in [0.717, 1.165) is 0 Å². The Hall–Kier alpha value is -1.36. The van der Waals surface area contributed by atoms with E-state index >= 15 is 0 Å². The fourth-order valence-corrected chi connectivity index (χ4v) is 1.52. The molecule has 1 aromatic carbocycles. The molecule has 66 valence electrons. The molecule has 1 heterocycles. The van der Waals surface area contributed by atoms with Gasteiger partial charge in [0.15, 0.2) is 11.3 Å².